The zero-order valence-electron chi connectivity index (χ0n) is 12.2. The van der Waals surface area contributed by atoms with Crippen molar-refractivity contribution in [1.82, 2.24) is 10.3 Å². The van der Waals surface area contributed by atoms with E-state index in [1.54, 1.807) is 6.07 Å². The van der Waals surface area contributed by atoms with Gasteiger partial charge in [0.2, 0.25) is 0 Å². The Kier molecular flexibility index (Phi) is 6.29. The van der Waals surface area contributed by atoms with E-state index in [0.717, 1.165) is 18.5 Å². The molecule has 106 valence electrons. The Morgan fingerprint density at radius 1 is 1.37 bits per heavy atom. The first-order valence-corrected chi connectivity index (χ1v) is 7.21. The van der Waals surface area contributed by atoms with Crippen LogP contribution in [0.15, 0.2) is 12.3 Å². The molecule has 0 bridgehead atoms. The van der Waals surface area contributed by atoms with E-state index in [4.69, 9.17) is 11.6 Å². The zero-order chi connectivity index (χ0) is 14.4. The summed E-state index contributed by atoms with van der Waals surface area (Å²) in [5, 5.41) is 3.42. The average molecular weight is 283 g/mol. The lowest BCUT2D eigenvalue weighted by Gasteiger charge is -2.15. The van der Waals surface area contributed by atoms with E-state index in [9.17, 15) is 4.79 Å². The molecule has 0 aliphatic heterocycles. The Balaban J connectivity index is 2.50. The number of aromatic nitrogens is 1. The van der Waals surface area contributed by atoms with Crippen LogP contribution in [0.5, 0.6) is 0 Å². The maximum Gasteiger partial charge on any atom is 0.254 e. The molecule has 1 amide bonds. The Hall–Kier alpha value is -1.09. The standard InChI is InChI=1S/C15H23ClN2O/c1-10(2)6-5-7-11(3)18-15(19)13-9-17-12(4)8-14(13)16/h8-11H,5-7H2,1-4H3,(H,18,19). The predicted octanol–water partition coefficient (Wildman–Crippen LogP) is 3.99. The third-order valence-corrected chi connectivity index (χ3v) is 3.34. The summed E-state index contributed by atoms with van der Waals surface area (Å²) in [5.41, 5.74) is 1.26. The van der Waals surface area contributed by atoms with Crippen molar-refractivity contribution in [2.45, 2.75) is 53.0 Å². The van der Waals surface area contributed by atoms with E-state index in [1.165, 1.54) is 12.6 Å². The van der Waals surface area contributed by atoms with E-state index in [1.807, 2.05) is 13.8 Å². The minimum Gasteiger partial charge on any atom is -0.349 e. The lowest BCUT2D eigenvalue weighted by atomic mass is 10.0. The van der Waals surface area contributed by atoms with Crippen LogP contribution < -0.4 is 5.32 Å². The van der Waals surface area contributed by atoms with E-state index < -0.39 is 0 Å². The predicted molar refractivity (Wildman–Crippen MR) is 79.6 cm³/mol. The molecule has 1 heterocycles. The van der Waals surface area contributed by atoms with Gasteiger partial charge in [-0.05, 0) is 32.3 Å². The lowest BCUT2D eigenvalue weighted by Crippen LogP contribution is -2.32. The Bertz CT molecular complexity index is 432. The van der Waals surface area contributed by atoms with Gasteiger partial charge in [-0.1, -0.05) is 38.3 Å². The number of nitrogens with zero attached hydrogens (tertiary/aromatic N) is 1. The summed E-state index contributed by atoms with van der Waals surface area (Å²) >= 11 is 6.05. The van der Waals surface area contributed by atoms with Gasteiger partial charge in [-0.25, -0.2) is 0 Å². The van der Waals surface area contributed by atoms with Crippen molar-refractivity contribution in [3.63, 3.8) is 0 Å². The van der Waals surface area contributed by atoms with Gasteiger partial charge < -0.3 is 5.32 Å². The monoisotopic (exact) mass is 282 g/mol. The Morgan fingerprint density at radius 3 is 2.63 bits per heavy atom. The number of pyridine rings is 1. The molecule has 1 unspecified atom stereocenters. The highest BCUT2D eigenvalue weighted by Gasteiger charge is 2.13. The van der Waals surface area contributed by atoms with Gasteiger partial charge >= 0.3 is 0 Å². The molecular weight excluding hydrogens is 260 g/mol. The van der Waals surface area contributed by atoms with Crippen LogP contribution in [-0.4, -0.2) is 16.9 Å². The second-order valence-electron chi connectivity index (χ2n) is 5.50. The first-order valence-electron chi connectivity index (χ1n) is 6.83. The van der Waals surface area contributed by atoms with Crippen LogP contribution in [0.3, 0.4) is 0 Å². The normalized spacial score (nSPS) is 12.5. The molecule has 0 radical (unpaired) electrons. The fourth-order valence-electron chi connectivity index (χ4n) is 1.90. The summed E-state index contributed by atoms with van der Waals surface area (Å²) in [6.45, 7) is 8.29. The molecule has 0 saturated carbocycles. The molecular formula is C15H23ClN2O. The summed E-state index contributed by atoms with van der Waals surface area (Å²) < 4.78 is 0. The van der Waals surface area contributed by atoms with Crippen LogP contribution >= 0.6 is 11.6 Å². The summed E-state index contributed by atoms with van der Waals surface area (Å²) in [7, 11) is 0. The molecule has 0 aromatic carbocycles. The first kappa shape index (κ1) is 16.0. The number of hydrogen-bond acceptors (Lipinski definition) is 2. The second-order valence-corrected chi connectivity index (χ2v) is 5.91. The van der Waals surface area contributed by atoms with Crippen molar-refractivity contribution in [3.8, 4) is 0 Å². The molecule has 3 nitrogen and oxygen atoms in total. The van der Waals surface area contributed by atoms with Crippen molar-refractivity contribution in [1.29, 1.82) is 0 Å². The van der Waals surface area contributed by atoms with Crippen LogP contribution in [0.1, 0.15) is 56.1 Å². The number of amides is 1. The van der Waals surface area contributed by atoms with Crippen molar-refractivity contribution < 1.29 is 4.79 Å². The Morgan fingerprint density at radius 2 is 2.05 bits per heavy atom. The highest BCUT2D eigenvalue weighted by Crippen LogP contribution is 2.16. The van der Waals surface area contributed by atoms with E-state index >= 15 is 0 Å². The van der Waals surface area contributed by atoms with Crippen molar-refractivity contribution in [3.05, 3.63) is 28.5 Å². The minimum absolute atomic E-state index is 0.144. The number of hydrogen-bond donors (Lipinski definition) is 1. The molecule has 1 atom stereocenters. The fourth-order valence-corrected chi connectivity index (χ4v) is 2.19. The summed E-state index contributed by atoms with van der Waals surface area (Å²) in [4.78, 5) is 16.2. The van der Waals surface area contributed by atoms with Crippen molar-refractivity contribution in [2.24, 2.45) is 5.92 Å². The molecule has 1 N–H and O–H groups in total. The highest BCUT2D eigenvalue weighted by molar-refractivity contribution is 6.33. The number of carbonyl (C=O) groups is 1. The van der Waals surface area contributed by atoms with Gasteiger partial charge in [0.15, 0.2) is 0 Å². The van der Waals surface area contributed by atoms with Crippen molar-refractivity contribution >= 4 is 17.5 Å². The van der Waals surface area contributed by atoms with E-state index in [-0.39, 0.29) is 11.9 Å². The quantitative estimate of drug-likeness (QED) is 0.857. The van der Waals surface area contributed by atoms with Crippen molar-refractivity contribution in [2.75, 3.05) is 0 Å². The molecule has 1 aromatic heterocycles. The van der Waals surface area contributed by atoms with E-state index in [0.29, 0.717) is 16.5 Å². The number of aryl methyl sites for hydroxylation is 1. The number of nitrogens with one attached hydrogen (secondary N) is 1. The van der Waals surface area contributed by atoms with Crippen LogP contribution in [0, 0.1) is 12.8 Å². The fraction of sp³-hybridized carbons (Fsp3) is 0.600. The van der Waals surface area contributed by atoms with Crippen LogP contribution in [0.4, 0.5) is 0 Å². The van der Waals surface area contributed by atoms with Gasteiger partial charge in [-0.2, -0.15) is 0 Å². The largest absolute Gasteiger partial charge is 0.349 e. The molecule has 1 rings (SSSR count). The maximum absolute atomic E-state index is 12.0. The molecule has 4 heteroatoms. The van der Waals surface area contributed by atoms with Gasteiger partial charge in [-0.3, -0.25) is 9.78 Å². The van der Waals surface area contributed by atoms with Crippen LogP contribution in [0.25, 0.3) is 0 Å². The molecule has 0 aliphatic carbocycles. The molecule has 1 aromatic rings. The third kappa shape index (κ3) is 5.60. The SMILES string of the molecule is Cc1cc(Cl)c(C(=O)NC(C)CCCC(C)C)cn1. The summed E-state index contributed by atoms with van der Waals surface area (Å²) in [5.74, 6) is 0.563. The molecule has 0 saturated heterocycles. The average Bonchev–Trinajstić information content (AvgIpc) is 2.27. The number of rotatable bonds is 6. The van der Waals surface area contributed by atoms with Gasteiger partial charge in [0.25, 0.3) is 5.91 Å². The minimum atomic E-state index is -0.144. The molecule has 19 heavy (non-hydrogen) atoms. The highest BCUT2D eigenvalue weighted by atomic mass is 35.5. The third-order valence-electron chi connectivity index (χ3n) is 3.03. The van der Waals surface area contributed by atoms with Gasteiger partial charge in [0.1, 0.15) is 0 Å². The number of halogens is 1. The second kappa shape index (κ2) is 7.49. The summed E-state index contributed by atoms with van der Waals surface area (Å²) in [6.07, 6.45) is 4.83. The molecule has 0 fully saturated rings. The maximum atomic E-state index is 12.0. The van der Waals surface area contributed by atoms with E-state index in [2.05, 4.69) is 24.1 Å². The number of carbonyl (C=O) groups excluding carboxylic acids is 1. The summed E-state index contributed by atoms with van der Waals surface area (Å²) in [6, 6.07) is 1.86. The van der Waals surface area contributed by atoms with Crippen LogP contribution in [-0.2, 0) is 0 Å². The van der Waals surface area contributed by atoms with Crippen LogP contribution in [0.2, 0.25) is 5.02 Å². The zero-order valence-corrected chi connectivity index (χ0v) is 12.9. The smallest absolute Gasteiger partial charge is 0.254 e. The van der Waals surface area contributed by atoms with Gasteiger partial charge in [-0.15, -0.1) is 0 Å². The lowest BCUT2D eigenvalue weighted by molar-refractivity contribution is 0.0937. The molecule has 0 spiro atoms. The van der Waals surface area contributed by atoms with Gasteiger partial charge in [0.05, 0.1) is 10.6 Å². The topological polar surface area (TPSA) is 42.0 Å². The first-order chi connectivity index (χ1) is 8.90. The van der Waals surface area contributed by atoms with Gasteiger partial charge in [0, 0.05) is 17.9 Å². The Labute approximate surface area is 120 Å². The molecule has 0 aliphatic rings.